The van der Waals surface area contributed by atoms with Gasteiger partial charge in [-0.1, -0.05) is 12.5 Å². The van der Waals surface area contributed by atoms with Crippen LogP contribution in [0.5, 0.6) is 5.75 Å². The minimum Gasteiger partial charge on any atom is -0.495 e. The Morgan fingerprint density at radius 1 is 1.27 bits per heavy atom. The SMILES string of the molecule is COc1ccc(C)cc1NC(=O)[C@@H](C)OC(=O)CN1CCCCCC1=O. The summed E-state index contributed by atoms with van der Waals surface area (Å²) in [5, 5.41) is 2.71. The van der Waals surface area contributed by atoms with Crippen molar-refractivity contribution in [3.63, 3.8) is 0 Å². The van der Waals surface area contributed by atoms with Crippen LogP contribution >= 0.6 is 0 Å². The van der Waals surface area contributed by atoms with E-state index in [0.29, 0.717) is 24.4 Å². The lowest BCUT2D eigenvalue weighted by Crippen LogP contribution is -2.38. The van der Waals surface area contributed by atoms with Crippen LogP contribution in [0.2, 0.25) is 0 Å². The molecular weight excluding hydrogens is 336 g/mol. The predicted octanol–water partition coefficient (Wildman–Crippen LogP) is 2.28. The van der Waals surface area contributed by atoms with Crippen molar-refractivity contribution in [1.29, 1.82) is 0 Å². The molecule has 7 heteroatoms. The maximum atomic E-state index is 12.3. The summed E-state index contributed by atoms with van der Waals surface area (Å²) in [6.07, 6.45) is 2.18. The molecule has 0 saturated carbocycles. The second-order valence-electron chi connectivity index (χ2n) is 6.45. The number of methoxy groups -OCH3 is 1. The van der Waals surface area contributed by atoms with E-state index in [1.807, 2.05) is 13.0 Å². The number of rotatable bonds is 6. The first-order valence-electron chi connectivity index (χ1n) is 8.83. The summed E-state index contributed by atoms with van der Waals surface area (Å²) in [4.78, 5) is 37.8. The van der Waals surface area contributed by atoms with Gasteiger partial charge < -0.3 is 19.7 Å². The third-order valence-corrected chi connectivity index (χ3v) is 4.28. The van der Waals surface area contributed by atoms with Gasteiger partial charge in [0.05, 0.1) is 12.8 Å². The summed E-state index contributed by atoms with van der Waals surface area (Å²) >= 11 is 0. The minimum absolute atomic E-state index is 0.0407. The lowest BCUT2D eigenvalue weighted by Gasteiger charge is -2.21. The van der Waals surface area contributed by atoms with Crippen LogP contribution in [-0.4, -0.2) is 49.0 Å². The van der Waals surface area contributed by atoms with E-state index in [1.54, 1.807) is 12.1 Å². The van der Waals surface area contributed by atoms with Gasteiger partial charge in [-0.15, -0.1) is 0 Å². The quantitative estimate of drug-likeness (QED) is 0.785. The number of carbonyl (C=O) groups is 3. The molecule has 1 aliphatic rings. The molecule has 2 rings (SSSR count). The molecule has 1 aromatic rings. The average molecular weight is 362 g/mol. The number of benzene rings is 1. The van der Waals surface area contributed by atoms with Crippen LogP contribution in [0, 0.1) is 6.92 Å². The number of amides is 2. The standard InChI is InChI=1S/C19H26N2O5/c1-13-8-9-16(25-3)15(11-13)20-19(24)14(2)26-18(23)12-21-10-6-4-5-7-17(21)22/h8-9,11,14H,4-7,10,12H2,1-3H3,(H,20,24)/t14-/m1/s1. The number of anilines is 1. The maximum absolute atomic E-state index is 12.3. The molecule has 142 valence electrons. The van der Waals surface area contributed by atoms with Gasteiger partial charge in [-0.3, -0.25) is 14.4 Å². The minimum atomic E-state index is -0.977. The van der Waals surface area contributed by atoms with Crippen molar-refractivity contribution in [1.82, 2.24) is 4.90 Å². The molecule has 1 aliphatic heterocycles. The molecule has 1 aromatic carbocycles. The Balaban J connectivity index is 1.91. The maximum Gasteiger partial charge on any atom is 0.326 e. The first-order chi connectivity index (χ1) is 12.4. The second kappa shape index (κ2) is 9.22. The van der Waals surface area contributed by atoms with Crippen molar-refractivity contribution >= 4 is 23.5 Å². The molecule has 7 nitrogen and oxygen atoms in total. The van der Waals surface area contributed by atoms with Gasteiger partial charge in [-0.2, -0.15) is 0 Å². The fourth-order valence-corrected chi connectivity index (χ4v) is 2.80. The Hall–Kier alpha value is -2.57. The van der Waals surface area contributed by atoms with Crippen LogP contribution in [0.1, 0.15) is 38.2 Å². The van der Waals surface area contributed by atoms with Crippen LogP contribution in [0.3, 0.4) is 0 Å². The van der Waals surface area contributed by atoms with Gasteiger partial charge in [0.1, 0.15) is 12.3 Å². The van der Waals surface area contributed by atoms with Crippen LogP contribution in [0.4, 0.5) is 5.69 Å². The van der Waals surface area contributed by atoms with E-state index in [2.05, 4.69) is 5.32 Å². The van der Waals surface area contributed by atoms with Crippen molar-refractivity contribution in [2.45, 2.75) is 45.6 Å². The number of nitrogens with one attached hydrogen (secondary N) is 1. The highest BCUT2D eigenvalue weighted by Gasteiger charge is 2.23. The fraction of sp³-hybridized carbons (Fsp3) is 0.526. The Morgan fingerprint density at radius 3 is 2.77 bits per heavy atom. The van der Waals surface area contributed by atoms with Crippen LogP contribution < -0.4 is 10.1 Å². The monoisotopic (exact) mass is 362 g/mol. The molecule has 0 radical (unpaired) electrons. The molecule has 0 aromatic heterocycles. The molecule has 26 heavy (non-hydrogen) atoms. The Labute approximate surface area is 153 Å². The number of likely N-dealkylation sites (tertiary alicyclic amines) is 1. The lowest BCUT2D eigenvalue weighted by molar-refractivity contribution is -0.156. The van der Waals surface area contributed by atoms with Gasteiger partial charge in [0.15, 0.2) is 6.10 Å². The third-order valence-electron chi connectivity index (χ3n) is 4.28. The van der Waals surface area contributed by atoms with Crippen molar-refractivity contribution < 1.29 is 23.9 Å². The lowest BCUT2D eigenvalue weighted by atomic mass is 10.2. The number of ether oxygens (including phenoxy) is 2. The van der Waals surface area contributed by atoms with Crippen molar-refractivity contribution in [2.24, 2.45) is 0 Å². The number of esters is 1. The average Bonchev–Trinajstić information content (AvgIpc) is 2.79. The zero-order valence-electron chi connectivity index (χ0n) is 15.5. The Morgan fingerprint density at radius 2 is 2.04 bits per heavy atom. The van der Waals surface area contributed by atoms with Crippen molar-refractivity contribution in [3.05, 3.63) is 23.8 Å². The van der Waals surface area contributed by atoms with E-state index in [4.69, 9.17) is 9.47 Å². The molecular formula is C19H26N2O5. The molecule has 1 N–H and O–H groups in total. The normalized spacial score (nSPS) is 15.8. The van der Waals surface area contributed by atoms with Crippen molar-refractivity contribution in [2.75, 3.05) is 25.5 Å². The zero-order chi connectivity index (χ0) is 19.1. The van der Waals surface area contributed by atoms with Gasteiger partial charge in [-0.05, 0) is 44.4 Å². The first kappa shape index (κ1) is 19.8. The summed E-state index contributed by atoms with van der Waals surface area (Å²) in [6, 6.07) is 5.41. The molecule has 1 saturated heterocycles. The summed E-state index contributed by atoms with van der Waals surface area (Å²) in [5.41, 5.74) is 1.48. The molecule has 1 heterocycles. The van der Waals surface area contributed by atoms with E-state index in [-0.39, 0.29) is 12.5 Å². The Kier molecular flexibility index (Phi) is 7.00. The van der Waals surface area contributed by atoms with Gasteiger partial charge in [0.2, 0.25) is 5.91 Å². The number of aryl methyl sites for hydroxylation is 1. The van der Waals surface area contributed by atoms with Crippen LogP contribution in [-0.2, 0) is 19.1 Å². The highest BCUT2D eigenvalue weighted by Crippen LogP contribution is 2.25. The third kappa shape index (κ3) is 5.47. The summed E-state index contributed by atoms with van der Waals surface area (Å²) in [7, 11) is 1.52. The molecule has 0 bridgehead atoms. The van der Waals surface area contributed by atoms with Crippen LogP contribution in [0.15, 0.2) is 18.2 Å². The van der Waals surface area contributed by atoms with E-state index >= 15 is 0 Å². The van der Waals surface area contributed by atoms with Crippen molar-refractivity contribution in [3.8, 4) is 5.75 Å². The highest BCUT2D eigenvalue weighted by molar-refractivity contribution is 5.96. The fourth-order valence-electron chi connectivity index (χ4n) is 2.80. The van der Waals surface area contributed by atoms with E-state index in [9.17, 15) is 14.4 Å². The summed E-state index contributed by atoms with van der Waals surface area (Å²) in [5.74, 6) is -0.553. The van der Waals surface area contributed by atoms with Gasteiger partial charge in [0.25, 0.3) is 5.91 Å². The summed E-state index contributed by atoms with van der Waals surface area (Å²) in [6.45, 7) is 3.83. The van der Waals surface area contributed by atoms with E-state index in [0.717, 1.165) is 24.8 Å². The topological polar surface area (TPSA) is 84.9 Å². The molecule has 1 atom stereocenters. The predicted molar refractivity (Wildman–Crippen MR) is 97.0 cm³/mol. The Bertz CT molecular complexity index is 674. The molecule has 2 amide bonds. The van der Waals surface area contributed by atoms with Gasteiger partial charge in [0, 0.05) is 13.0 Å². The summed E-state index contributed by atoms with van der Waals surface area (Å²) < 4.78 is 10.4. The van der Waals surface area contributed by atoms with E-state index in [1.165, 1.54) is 18.9 Å². The number of hydrogen-bond acceptors (Lipinski definition) is 5. The largest absolute Gasteiger partial charge is 0.495 e. The van der Waals surface area contributed by atoms with Gasteiger partial charge >= 0.3 is 5.97 Å². The molecule has 0 unspecified atom stereocenters. The zero-order valence-corrected chi connectivity index (χ0v) is 15.5. The molecule has 0 spiro atoms. The van der Waals surface area contributed by atoms with E-state index < -0.39 is 18.0 Å². The molecule has 1 fully saturated rings. The number of nitrogens with zero attached hydrogens (tertiary/aromatic N) is 1. The highest BCUT2D eigenvalue weighted by atomic mass is 16.5. The molecule has 0 aliphatic carbocycles. The smallest absolute Gasteiger partial charge is 0.326 e. The number of hydrogen-bond donors (Lipinski definition) is 1. The number of carbonyl (C=O) groups excluding carboxylic acids is 3. The van der Waals surface area contributed by atoms with Crippen LogP contribution in [0.25, 0.3) is 0 Å². The van der Waals surface area contributed by atoms with Gasteiger partial charge in [-0.25, -0.2) is 0 Å². The second-order valence-corrected chi connectivity index (χ2v) is 6.45. The first-order valence-corrected chi connectivity index (χ1v) is 8.83.